The topological polar surface area (TPSA) is 54.4 Å². The van der Waals surface area contributed by atoms with Crippen LogP contribution in [0.4, 0.5) is 8.78 Å². The molecule has 0 saturated heterocycles. The van der Waals surface area contributed by atoms with Crippen molar-refractivity contribution in [2.45, 2.75) is 19.3 Å². The average molecular weight is 294 g/mol. The van der Waals surface area contributed by atoms with E-state index in [4.69, 9.17) is 0 Å². The summed E-state index contributed by atoms with van der Waals surface area (Å²) in [7, 11) is 0. The molecular formula is C15H16F2N2O2. The molecule has 0 fully saturated rings. The number of halogens is 2. The van der Waals surface area contributed by atoms with Crippen molar-refractivity contribution in [3.8, 4) is 5.75 Å². The lowest BCUT2D eigenvalue weighted by atomic mass is 10.1. The quantitative estimate of drug-likeness (QED) is 0.824. The van der Waals surface area contributed by atoms with E-state index in [0.29, 0.717) is 13.1 Å². The summed E-state index contributed by atoms with van der Waals surface area (Å²) in [5.74, 6) is 0.130. The van der Waals surface area contributed by atoms with Gasteiger partial charge in [0.1, 0.15) is 5.75 Å². The van der Waals surface area contributed by atoms with E-state index >= 15 is 0 Å². The van der Waals surface area contributed by atoms with Crippen LogP contribution in [0.2, 0.25) is 0 Å². The van der Waals surface area contributed by atoms with Crippen molar-refractivity contribution in [3.05, 3.63) is 59.9 Å². The summed E-state index contributed by atoms with van der Waals surface area (Å²) < 4.78 is 28.3. The van der Waals surface area contributed by atoms with Crippen molar-refractivity contribution in [3.63, 3.8) is 0 Å². The summed E-state index contributed by atoms with van der Waals surface area (Å²) in [6, 6.07) is 9.88. The molecule has 0 bridgehead atoms. The van der Waals surface area contributed by atoms with E-state index in [2.05, 4.69) is 15.0 Å². The molecule has 1 atom stereocenters. The molecule has 2 aromatic rings. The third-order valence-electron chi connectivity index (χ3n) is 2.91. The lowest BCUT2D eigenvalue weighted by Gasteiger charge is -2.12. The zero-order chi connectivity index (χ0) is 15.1. The molecule has 0 aliphatic rings. The second-order valence-electron chi connectivity index (χ2n) is 4.45. The van der Waals surface area contributed by atoms with Gasteiger partial charge in [-0.05, 0) is 35.4 Å². The van der Waals surface area contributed by atoms with Crippen LogP contribution in [0.3, 0.4) is 0 Å². The van der Waals surface area contributed by atoms with Gasteiger partial charge in [0.2, 0.25) is 0 Å². The maximum atomic E-state index is 12.0. The molecule has 2 N–H and O–H groups in total. The maximum Gasteiger partial charge on any atom is 0.387 e. The highest BCUT2D eigenvalue weighted by atomic mass is 19.3. The molecule has 2 rings (SSSR count). The average Bonchev–Trinajstić information content (AvgIpc) is 2.49. The van der Waals surface area contributed by atoms with Crippen molar-refractivity contribution in [1.82, 2.24) is 10.3 Å². The number of aliphatic hydroxyl groups is 1. The summed E-state index contributed by atoms with van der Waals surface area (Å²) >= 11 is 0. The number of benzene rings is 1. The molecule has 0 saturated carbocycles. The number of nitrogens with zero attached hydrogens (tertiary/aromatic N) is 1. The second kappa shape index (κ2) is 7.66. The number of aromatic nitrogens is 1. The molecule has 0 aliphatic heterocycles. The fraction of sp³-hybridized carbons (Fsp3) is 0.267. The van der Waals surface area contributed by atoms with E-state index in [1.807, 2.05) is 0 Å². The van der Waals surface area contributed by atoms with E-state index in [0.717, 1.165) is 11.1 Å². The van der Waals surface area contributed by atoms with Crippen LogP contribution in [0.1, 0.15) is 17.2 Å². The third-order valence-corrected chi connectivity index (χ3v) is 2.91. The Morgan fingerprint density at radius 2 is 1.76 bits per heavy atom. The fourth-order valence-corrected chi connectivity index (χ4v) is 1.85. The number of ether oxygens (including phenoxy) is 1. The number of pyridine rings is 1. The van der Waals surface area contributed by atoms with Gasteiger partial charge in [-0.15, -0.1) is 0 Å². The first-order chi connectivity index (χ1) is 10.1. The first kappa shape index (κ1) is 15.3. The van der Waals surface area contributed by atoms with Crippen LogP contribution in [-0.4, -0.2) is 23.2 Å². The highest BCUT2D eigenvalue weighted by Gasteiger charge is 2.07. The number of nitrogens with one attached hydrogen (secondary N) is 1. The Labute approximate surface area is 121 Å². The van der Waals surface area contributed by atoms with E-state index in [-0.39, 0.29) is 5.75 Å². The lowest BCUT2D eigenvalue weighted by molar-refractivity contribution is -0.0498. The molecule has 1 aromatic carbocycles. The Morgan fingerprint density at radius 3 is 2.38 bits per heavy atom. The molecule has 4 nitrogen and oxygen atoms in total. The first-order valence-corrected chi connectivity index (χ1v) is 6.47. The number of hydrogen-bond acceptors (Lipinski definition) is 4. The summed E-state index contributed by atoms with van der Waals surface area (Å²) in [4.78, 5) is 3.89. The number of hydrogen-bond donors (Lipinski definition) is 2. The first-order valence-electron chi connectivity index (χ1n) is 6.47. The van der Waals surface area contributed by atoms with Gasteiger partial charge < -0.3 is 15.2 Å². The minimum absolute atomic E-state index is 0.130. The van der Waals surface area contributed by atoms with Crippen molar-refractivity contribution < 1.29 is 18.6 Å². The molecule has 0 amide bonds. The molecule has 0 radical (unpaired) electrons. The van der Waals surface area contributed by atoms with Crippen LogP contribution in [0.25, 0.3) is 0 Å². The smallest absolute Gasteiger partial charge is 0.387 e. The standard InChI is InChI=1S/C15H16F2N2O2/c16-15(17)21-13-3-1-11(2-4-13)9-19-10-14(20)12-5-7-18-8-6-12/h1-8,14-15,19-20H,9-10H2. The van der Waals surface area contributed by atoms with Crippen LogP contribution < -0.4 is 10.1 Å². The summed E-state index contributed by atoms with van der Waals surface area (Å²) in [5.41, 5.74) is 1.71. The molecule has 0 aliphatic carbocycles. The van der Waals surface area contributed by atoms with E-state index in [9.17, 15) is 13.9 Å². The predicted molar refractivity (Wildman–Crippen MR) is 74.0 cm³/mol. The van der Waals surface area contributed by atoms with Crippen molar-refractivity contribution in [2.24, 2.45) is 0 Å². The number of rotatable bonds is 7. The third kappa shape index (κ3) is 5.09. The van der Waals surface area contributed by atoms with Crippen LogP contribution in [-0.2, 0) is 6.54 Å². The Morgan fingerprint density at radius 1 is 1.10 bits per heavy atom. The fourth-order valence-electron chi connectivity index (χ4n) is 1.85. The van der Waals surface area contributed by atoms with Crippen LogP contribution in [0.5, 0.6) is 5.75 Å². The van der Waals surface area contributed by atoms with Crippen LogP contribution in [0.15, 0.2) is 48.8 Å². The minimum Gasteiger partial charge on any atom is -0.435 e. The normalized spacial score (nSPS) is 12.4. The zero-order valence-electron chi connectivity index (χ0n) is 11.2. The summed E-state index contributed by atoms with van der Waals surface area (Å²) in [6.07, 6.45) is 2.63. The van der Waals surface area contributed by atoms with Gasteiger partial charge in [-0.25, -0.2) is 0 Å². The van der Waals surface area contributed by atoms with Crippen molar-refractivity contribution in [2.75, 3.05) is 6.54 Å². The summed E-state index contributed by atoms with van der Waals surface area (Å²) in [6.45, 7) is -1.90. The van der Waals surface area contributed by atoms with Crippen LogP contribution >= 0.6 is 0 Å². The van der Waals surface area contributed by atoms with Gasteiger partial charge in [0.25, 0.3) is 0 Å². The highest BCUT2D eigenvalue weighted by molar-refractivity contribution is 5.27. The van der Waals surface area contributed by atoms with Gasteiger partial charge in [0.05, 0.1) is 6.10 Å². The molecule has 1 unspecified atom stereocenters. The molecule has 6 heteroatoms. The van der Waals surface area contributed by atoms with Gasteiger partial charge in [0, 0.05) is 25.5 Å². The molecule has 0 spiro atoms. The highest BCUT2D eigenvalue weighted by Crippen LogP contribution is 2.15. The predicted octanol–water partition coefficient (Wildman–Crippen LogP) is 2.51. The number of alkyl halides is 2. The second-order valence-corrected chi connectivity index (χ2v) is 4.45. The van der Waals surface area contributed by atoms with Gasteiger partial charge in [-0.3, -0.25) is 4.98 Å². The molecule has 21 heavy (non-hydrogen) atoms. The van der Waals surface area contributed by atoms with E-state index < -0.39 is 12.7 Å². The van der Waals surface area contributed by atoms with Crippen LogP contribution in [0, 0.1) is 0 Å². The molecular weight excluding hydrogens is 278 g/mol. The summed E-state index contributed by atoms with van der Waals surface area (Å²) in [5, 5.41) is 13.0. The van der Waals surface area contributed by atoms with Gasteiger partial charge >= 0.3 is 6.61 Å². The minimum atomic E-state index is -2.82. The van der Waals surface area contributed by atoms with Gasteiger partial charge in [-0.2, -0.15) is 8.78 Å². The Kier molecular flexibility index (Phi) is 5.59. The lowest BCUT2D eigenvalue weighted by Crippen LogP contribution is -2.21. The van der Waals surface area contributed by atoms with Gasteiger partial charge in [0.15, 0.2) is 0 Å². The Balaban J connectivity index is 1.78. The van der Waals surface area contributed by atoms with Crippen molar-refractivity contribution >= 4 is 0 Å². The number of aliphatic hydroxyl groups excluding tert-OH is 1. The molecule has 1 heterocycles. The van der Waals surface area contributed by atoms with E-state index in [1.54, 1.807) is 36.7 Å². The Hall–Kier alpha value is -2.05. The molecule has 1 aromatic heterocycles. The monoisotopic (exact) mass is 294 g/mol. The zero-order valence-corrected chi connectivity index (χ0v) is 11.2. The SMILES string of the molecule is OC(CNCc1ccc(OC(F)F)cc1)c1ccncc1. The maximum absolute atomic E-state index is 12.0. The van der Waals surface area contributed by atoms with Gasteiger partial charge in [-0.1, -0.05) is 12.1 Å². The molecule has 112 valence electrons. The van der Waals surface area contributed by atoms with E-state index in [1.165, 1.54) is 12.1 Å². The largest absolute Gasteiger partial charge is 0.435 e. The van der Waals surface area contributed by atoms with Crippen molar-refractivity contribution in [1.29, 1.82) is 0 Å². The Bertz CT molecular complexity index is 535.